The van der Waals surface area contributed by atoms with Gasteiger partial charge in [-0.15, -0.1) is 0 Å². The third-order valence-electron chi connectivity index (χ3n) is 8.75. The lowest BCUT2D eigenvalue weighted by Gasteiger charge is -2.27. The first kappa shape index (κ1) is 12.9. The van der Waals surface area contributed by atoms with E-state index < -0.39 is 329 Å². The molecule has 0 fully saturated rings. The Balaban J connectivity index is 1.43. The molecule has 0 aliphatic rings. The van der Waals surface area contributed by atoms with Gasteiger partial charge in [0.15, 0.2) is 0 Å². The predicted octanol–water partition coefficient (Wildman–Crippen LogP) is 16.0. The third kappa shape index (κ3) is 5.82. The molecule has 0 saturated heterocycles. The van der Waals surface area contributed by atoms with E-state index in [2.05, 4.69) is 0 Å². The summed E-state index contributed by atoms with van der Waals surface area (Å²) in [5, 5.41) is -4.74. The highest BCUT2D eigenvalue weighted by Crippen LogP contribution is 2.48. The Labute approximate surface area is 389 Å². The number of nitrogens with zero attached hydrogens (tertiary/aromatic N) is 1. The number of fused-ring (bicyclic) bond motifs is 6. The third-order valence-corrected chi connectivity index (χ3v) is 8.75. The summed E-state index contributed by atoms with van der Waals surface area (Å²) in [6.07, 6.45) is 0. The van der Waals surface area contributed by atoms with Crippen LogP contribution in [-0.2, 0) is 0 Å². The average Bonchev–Trinajstić information content (AvgIpc) is 1.67. The Morgan fingerprint density at radius 3 is 1.66 bits per heavy atom. The van der Waals surface area contributed by atoms with Crippen LogP contribution in [0.1, 0.15) is 50.7 Å². The maximum Gasteiger partial charge on any atom is 0.145 e. The second kappa shape index (κ2) is 14.1. The minimum atomic E-state index is -1.44. The highest BCUT2D eigenvalue weighted by atomic mass is 16.3. The van der Waals surface area contributed by atoms with E-state index in [0.717, 1.165) is 0 Å². The highest BCUT2D eigenvalue weighted by molar-refractivity contribution is 6.21. The Hall–Kier alpha value is -7.68. The maximum absolute atomic E-state index is 10.3. The maximum atomic E-state index is 10.3. The van der Waals surface area contributed by atoms with Gasteiger partial charge in [-0.3, -0.25) is 0 Å². The van der Waals surface area contributed by atoms with Gasteiger partial charge in [0.1, 0.15) is 11.2 Å². The van der Waals surface area contributed by atoms with E-state index in [0.29, 0.717) is 0 Å². The second-order valence-electron chi connectivity index (χ2n) is 12.0. The molecule has 0 spiro atoms. The van der Waals surface area contributed by atoms with Crippen molar-refractivity contribution in [3.63, 3.8) is 0 Å². The smallest absolute Gasteiger partial charge is 0.145 e. The zero-order chi connectivity index (χ0) is 70.6. The minimum absolute atomic E-state index is 0.271. The van der Waals surface area contributed by atoms with E-state index in [9.17, 15) is 23.3 Å². The molecule has 0 aliphatic carbocycles. The number of hydrogen-bond acceptors (Lipinski definition) is 2. The number of rotatable bonds is 7. The van der Waals surface area contributed by atoms with Crippen LogP contribution in [0, 0.1) is 0 Å². The van der Waals surface area contributed by atoms with Crippen molar-refractivity contribution in [3.05, 3.63) is 224 Å². The first-order valence-corrected chi connectivity index (χ1v) is 16.8. The molecule has 0 atom stereocenters. The molecule has 0 amide bonds. The van der Waals surface area contributed by atoms with Crippen molar-refractivity contribution < 1.29 is 55.1 Å². The van der Waals surface area contributed by atoms with Gasteiger partial charge in [0.2, 0.25) is 0 Å². The van der Waals surface area contributed by atoms with E-state index in [1.807, 2.05) is 0 Å². The Morgan fingerprint density at radius 1 is 0.345 bits per heavy atom. The second-order valence-corrected chi connectivity index (χ2v) is 12.0. The molecule has 11 aromatic rings. The summed E-state index contributed by atoms with van der Waals surface area (Å²) in [5.41, 5.74) is -13.8. The van der Waals surface area contributed by atoms with Crippen molar-refractivity contribution in [3.8, 4) is 44.5 Å². The first-order valence-electron chi connectivity index (χ1n) is 35.3. The molecular weight excluding hydrogens is 703 g/mol. The van der Waals surface area contributed by atoms with Crippen LogP contribution in [0.5, 0.6) is 0 Å². The van der Waals surface area contributed by atoms with Crippen LogP contribution in [0.4, 0.5) is 17.1 Å². The van der Waals surface area contributed by atoms with Gasteiger partial charge in [0.25, 0.3) is 0 Å². The Morgan fingerprint density at radius 2 is 0.897 bits per heavy atom. The van der Waals surface area contributed by atoms with Crippen molar-refractivity contribution in [1.82, 2.24) is 0 Å². The lowest BCUT2D eigenvalue weighted by atomic mass is 9.92. The van der Waals surface area contributed by atoms with Crippen molar-refractivity contribution >= 4 is 60.5 Å². The van der Waals surface area contributed by atoms with Gasteiger partial charge < -0.3 is 9.32 Å². The molecule has 0 N–H and O–H groups in total. The summed E-state index contributed by atoms with van der Waals surface area (Å²) in [4.78, 5) is 0.271. The van der Waals surface area contributed by atoms with Gasteiger partial charge in [-0.1, -0.05) is 169 Å². The Kier molecular flexibility index (Phi) is 3.15. The molecule has 1 aromatic heterocycles. The zero-order valence-corrected chi connectivity index (χ0v) is 28.9. The SMILES string of the molecule is [2H]c1c([2H])c([2H])c(-c2c([2H])c([2H])c(N(c3c([2H])c([2H])c([2H])c(-c4c([2H])c([2H])c([2H])c(-c5c([2H])c([2H])c([2H])c([2H])c5[2H])c4[2H])c3[2H])c3c([2H])c([2H])c(-c4c([2H])c5c([2H])c([2H])c([2H])c([2H])c5c5c([2H])c([2H])c([2H])c([2H])c45)c4oc5c([2H])c([2H])c([2H])c([2H])c5c34)c([2H])c2[2H])c([2H])c1[2H]. The van der Waals surface area contributed by atoms with E-state index in [1.54, 1.807) is 0 Å². The molecule has 0 aliphatic heterocycles. The molecule has 2 heteroatoms. The number of hydrogen-bond donors (Lipinski definition) is 0. The molecule has 10 aromatic carbocycles. The van der Waals surface area contributed by atoms with Crippen LogP contribution in [0.2, 0.25) is 0 Å². The van der Waals surface area contributed by atoms with Gasteiger partial charge in [-0.25, -0.2) is 0 Å². The lowest BCUT2D eigenvalue weighted by molar-refractivity contribution is 0.670. The van der Waals surface area contributed by atoms with Crippen molar-refractivity contribution in [1.29, 1.82) is 0 Å². The molecule has 58 heavy (non-hydrogen) atoms. The predicted molar refractivity (Wildman–Crippen MR) is 245 cm³/mol. The van der Waals surface area contributed by atoms with Crippen molar-refractivity contribution in [2.45, 2.75) is 0 Å². The van der Waals surface area contributed by atoms with Gasteiger partial charge in [-0.05, 0) is 115 Å². The quantitative estimate of drug-likeness (QED) is 0.150. The first-order chi connectivity index (χ1) is 44.2. The van der Waals surface area contributed by atoms with Gasteiger partial charge >= 0.3 is 0 Å². The molecule has 0 unspecified atom stereocenters. The van der Waals surface area contributed by atoms with Gasteiger partial charge in [0, 0.05) is 22.3 Å². The summed E-state index contributed by atoms with van der Waals surface area (Å²) in [5.74, 6) is 0. The summed E-state index contributed by atoms with van der Waals surface area (Å²) >= 11 is 0. The molecule has 2 nitrogen and oxygen atoms in total. The molecule has 272 valence electrons. The van der Waals surface area contributed by atoms with Crippen LogP contribution in [0.15, 0.2) is 228 Å². The fourth-order valence-corrected chi connectivity index (χ4v) is 6.26. The molecule has 11 rings (SSSR count). The van der Waals surface area contributed by atoms with Crippen LogP contribution in [-0.4, -0.2) is 0 Å². The normalized spacial score (nSPS) is 20.4. The van der Waals surface area contributed by atoms with Gasteiger partial charge in [0.05, 0.1) is 61.8 Å². The number of anilines is 3. The molecule has 0 saturated carbocycles. The summed E-state index contributed by atoms with van der Waals surface area (Å²) < 4.78 is 344. The van der Waals surface area contributed by atoms with Crippen LogP contribution >= 0.6 is 0 Å². The van der Waals surface area contributed by atoms with E-state index in [4.69, 9.17) is 31.8 Å². The largest absolute Gasteiger partial charge is 0.455 e. The minimum Gasteiger partial charge on any atom is -0.455 e. The Bertz CT molecular complexity index is 5380. The monoisotopic (exact) mass is 777 g/mol. The fraction of sp³-hybridized carbons (Fsp3) is 0. The molecular formula is C56H37NO. The number of furan rings is 1. The van der Waals surface area contributed by atoms with Crippen molar-refractivity contribution in [2.75, 3.05) is 4.90 Å². The fourth-order valence-electron chi connectivity index (χ4n) is 6.26. The zero-order valence-electron chi connectivity index (χ0n) is 65.9. The summed E-state index contributed by atoms with van der Waals surface area (Å²) in [6, 6.07) is -41.8. The summed E-state index contributed by atoms with van der Waals surface area (Å²) in [6.45, 7) is 0. The number of benzene rings is 10. The topological polar surface area (TPSA) is 16.4 Å². The number of para-hydroxylation sites is 1. The molecule has 0 radical (unpaired) electrons. The van der Waals surface area contributed by atoms with Crippen LogP contribution < -0.4 is 4.90 Å². The van der Waals surface area contributed by atoms with E-state index >= 15 is 0 Å². The van der Waals surface area contributed by atoms with Crippen LogP contribution in [0.3, 0.4) is 0 Å². The highest BCUT2D eigenvalue weighted by Gasteiger charge is 2.23. The van der Waals surface area contributed by atoms with E-state index in [1.165, 1.54) is 0 Å². The standard InChI is InChI=1S/C56H37NO/c1-3-15-38(16-4-1)40-29-31-45(32-30-40)57(46-23-14-22-43(36-46)42-21-13-20-41(35-42)39-17-5-2-6-18-39)53-34-33-50(56-55(53)51-27-11-12-28-54(51)58-56)52-37-44-19-7-8-24-47(44)48-25-9-10-26-49(48)52/h1-37H/i1D,2D,3D,4D,5D,6D,7D,8D,9D,10D,11D,12D,13D,14D,15D,16D,17D,18D,19D,20D,21D,22D,23D,24D,25D,26D,27D,28D,29D,30D,31D,32D,33D,34D,35D,36D,37D. The van der Waals surface area contributed by atoms with Crippen LogP contribution in [0.25, 0.3) is 88.0 Å². The lowest BCUT2D eigenvalue weighted by Crippen LogP contribution is -2.10. The molecule has 0 bridgehead atoms. The average molecular weight is 777 g/mol. The van der Waals surface area contributed by atoms with E-state index in [-0.39, 0.29) is 4.90 Å². The van der Waals surface area contributed by atoms with Crippen molar-refractivity contribution in [2.24, 2.45) is 0 Å². The van der Waals surface area contributed by atoms with Gasteiger partial charge in [-0.2, -0.15) is 0 Å². The molecule has 1 heterocycles. The summed E-state index contributed by atoms with van der Waals surface area (Å²) in [7, 11) is 0.